The van der Waals surface area contributed by atoms with Crippen molar-refractivity contribution in [2.75, 3.05) is 12.4 Å². The minimum absolute atomic E-state index is 0.192. The van der Waals surface area contributed by atoms with E-state index in [0.717, 1.165) is 21.3 Å². The average molecular weight is 454 g/mol. The van der Waals surface area contributed by atoms with Gasteiger partial charge in [-0.25, -0.2) is 0 Å². The van der Waals surface area contributed by atoms with Crippen LogP contribution in [0.4, 0.5) is 5.69 Å². The number of carbonyl (C=O) groups excluding carboxylic acids is 1. The molecule has 0 aliphatic rings. The first-order valence-electron chi connectivity index (χ1n) is 9.43. The summed E-state index contributed by atoms with van der Waals surface area (Å²) in [4.78, 5) is 12.8. The van der Waals surface area contributed by atoms with Gasteiger partial charge in [0.25, 0.3) is 5.91 Å². The van der Waals surface area contributed by atoms with E-state index in [4.69, 9.17) is 9.47 Å². The molecule has 5 heteroatoms. The Balaban J connectivity index is 1.76. The number of hydrogen-bond donors (Lipinski definition) is 1. The molecule has 0 aliphatic heterocycles. The third-order valence-corrected chi connectivity index (χ3v) is 5.04. The Bertz CT molecular complexity index is 987. The lowest BCUT2D eigenvalue weighted by Gasteiger charge is -2.15. The van der Waals surface area contributed by atoms with Crippen LogP contribution in [0.15, 0.2) is 71.2 Å². The fourth-order valence-corrected chi connectivity index (χ4v) is 3.36. The number of hydrogen-bond acceptors (Lipinski definition) is 3. The summed E-state index contributed by atoms with van der Waals surface area (Å²) >= 11 is 3.49. The summed E-state index contributed by atoms with van der Waals surface area (Å²) in [5.41, 5.74) is 3.44. The highest BCUT2D eigenvalue weighted by molar-refractivity contribution is 9.10. The number of benzene rings is 3. The fourth-order valence-electron chi connectivity index (χ4n) is 2.98. The van der Waals surface area contributed by atoms with Gasteiger partial charge in [-0.3, -0.25) is 4.79 Å². The normalized spacial score (nSPS) is 10.7. The van der Waals surface area contributed by atoms with E-state index in [1.54, 1.807) is 25.3 Å². The van der Waals surface area contributed by atoms with Gasteiger partial charge in [-0.15, -0.1) is 0 Å². The number of nitrogens with one attached hydrogen (secondary N) is 1. The van der Waals surface area contributed by atoms with Crippen molar-refractivity contribution in [3.63, 3.8) is 0 Å². The summed E-state index contributed by atoms with van der Waals surface area (Å²) in [7, 11) is 1.57. The SMILES string of the molecule is COc1cc(C(=O)Nc2ccc(Br)cc2C(C)C)ccc1OCc1ccccc1. The van der Waals surface area contributed by atoms with Crippen LogP contribution in [0.5, 0.6) is 11.5 Å². The molecule has 3 aromatic rings. The molecule has 0 unspecified atom stereocenters. The van der Waals surface area contributed by atoms with Crippen molar-refractivity contribution in [1.29, 1.82) is 0 Å². The molecule has 3 aromatic carbocycles. The zero-order valence-corrected chi connectivity index (χ0v) is 18.3. The maximum absolute atomic E-state index is 12.8. The van der Waals surface area contributed by atoms with Crippen molar-refractivity contribution < 1.29 is 14.3 Å². The minimum atomic E-state index is -0.192. The first kappa shape index (κ1) is 20.9. The molecule has 0 bridgehead atoms. The number of carbonyl (C=O) groups is 1. The van der Waals surface area contributed by atoms with Gasteiger partial charge in [0.15, 0.2) is 11.5 Å². The van der Waals surface area contributed by atoms with E-state index in [2.05, 4.69) is 35.1 Å². The lowest BCUT2D eigenvalue weighted by Crippen LogP contribution is -2.14. The third kappa shape index (κ3) is 5.39. The number of rotatable bonds is 7. The molecule has 0 aromatic heterocycles. The van der Waals surface area contributed by atoms with Gasteiger partial charge in [-0.2, -0.15) is 0 Å². The molecule has 0 saturated carbocycles. The predicted molar refractivity (Wildman–Crippen MR) is 120 cm³/mol. The predicted octanol–water partition coefficient (Wildman–Crippen LogP) is 6.41. The van der Waals surface area contributed by atoms with Gasteiger partial charge >= 0.3 is 0 Å². The highest BCUT2D eigenvalue weighted by atomic mass is 79.9. The van der Waals surface area contributed by atoms with Crippen LogP contribution in [0.25, 0.3) is 0 Å². The maximum atomic E-state index is 12.8. The van der Waals surface area contributed by atoms with Crippen molar-refractivity contribution in [1.82, 2.24) is 0 Å². The molecule has 1 N–H and O–H groups in total. The monoisotopic (exact) mass is 453 g/mol. The summed E-state index contributed by atoms with van der Waals surface area (Å²) in [5.74, 6) is 1.21. The first-order chi connectivity index (χ1) is 14.0. The molecular formula is C24H24BrNO3. The summed E-state index contributed by atoms with van der Waals surface area (Å²) < 4.78 is 12.3. The van der Waals surface area contributed by atoms with Crippen LogP contribution in [0.3, 0.4) is 0 Å². The van der Waals surface area contributed by atoms with Crippen molar-refractivity contribution in [2.45, 2.75) is 26.4 Å². The van der Waals surface area contributed by atoms with Crippen LogP contribution in [-0.4, -0.2) is 13.0 Å². The van der Waals surface area contributed by atoms with Crippen molar-refractivity contribution >= 4 is 27.5 Å². The van der Waals surface area contributed by atoms with E-state index in [1.807, 2.05) is 48.5 Å². The molecule has 0 atom stereocenters. The van der Waals surface area contributed by atoms with Crippen molar-refractivity contribution in [2.24, 2.45) is 0 Å². The topological polar surface area (TPSA) is 47.6 Å². The molecular weight excluding hydrogens is 430 g/mol. The summed E-state index contributed by atoms with van der Waals surface area (Å²) in [6.07, 6.45) is 0. The second-order valence-electron chi connectivity index (χ2n) is 6.98. The van der Waals surface area contributed by atoms with Gasteiger partial charge in [-0.1, -0.05) is 60.1 Å². The molecule has 150 valence electrons. The molecule has 29 heavy (non-hydrogen) atoms. The molecule has 0 spiro atoms. The standard InChI is InChI=1S/C24H24BrNO3/c1-16(2)20-14-19(25)10-11-21(20)26-24(27)18-9-12-22(23(13-18)28-3)29-15-17-7-5-4-6-8-17/h4-14,16H,15H2,1-3H3,(H,26,27). The minimum Gasteiger partial charge on any atom is -0.493 e. The smallest absolute Gasteiger partial charge is 0.255 e. The van der Waals surface area contributed by atoms with E-state index in [-0.39, 0.29) is 11.8 Å². The van der Waals surface area contributed by atoms with Gasteiger partial charge < -0.3 is 14.8 Å². The van der Waals surface area contributed by atoms with Crippen LogP contribution in [0.2, 0.25) is 0 Å². The summed E-state index contributed by atoms with van der Waals surface area (Å²) in [6.45, 7) is 4.62. The molecule has 0 heterocycles. The largest absolute Gasteiger partial charge is 0.493 e. The Kier molecular flexibility index (Phi) is 6.94. The second kappa shape index (κ2) is 9.61. The van der Waals surface area contributed by atoms with E-state index < -0.39 is 0 Å². The number of ether oxygens (including phenoxy) is 2. The lowest BCUT2D eigenvalue weighted by atomic mass is 10.0. The molecule has 0 aliphatic carbocycles. The quantitative estimate of drug-likeness (QED) is 0.449. The van der Waals surface area contributed by atoms with Crippen LogP contribution >= 0.6 is 15.9 Å². The summed E-state index contributed by atoms with van der Waals surface area (Å²) in [6, 6.07) is 21.0. The second-order valence-corrected chi connectivity index (χ2v) is 7.90. The van der Waals surface area contributed by atoms with Gasteiger partial charge in [0.2, 0.25) is 0 Å². The van der Waals surface area contributed by atoms with Gasteiger partial charge in [0.1, 0.15) is 6.61 Å². The average Bonchev–Trinajstić information content (AvgIpc) is 2.73. The third-order valence-electron chi connectivity index (χ3n) is 4.55. The van der Waals surface area contributed by atoms with Gasteiger partial charge in [0.05, 0.1) is 7.11 Å². The van der Waals surface area contributed by atoms with Crippen molar-refractivity contribution in [3.8, 4) is 11.5 Å². The number of amides is 1. The van der Waals surface area contributed by atoms with Crippen LogP contribution in [-0.2, 0) is 6.61 Å². The van der Waals surface area contributed by atoms with Crippen LogP contribution < -0.4 is 14.8 Å². The zero-order valence-electron chi connectivity index (χ0n) is 16.7. The number of methoxy groups -OCH3 is 1. The number of anilines is 1. The first-order valence-corrected chi connectivity index (χ1v) is 10.2. The maximum Gasteiger partial charge on any atom is 0.255 e. The Morgan fingerprint density at radius 1 is 1.00 bits per heavy atom. The van der Waals surface area contributed by atoms with E-state index in [1.165, 1.54) is 0 Å². The Morgan fingerprint density at radius 2 is 1.76 bits per heavy atom. The molecule has 1 amide bonds. The van der Waals surface area contributed by atoms with Crippen molar-refractivity contribution in [3.05, 3.63) is 87.9 Å². The molecule has 0 saturated heterocycles. The Morgan fingerprint density at radius 3 is 2.45 bits per heavy atom. The van der Waals surface area contributed by atoms with Crippen LogP contribution in [0.1, 0.15) is 41.3 Å². The number of halogens is 1. The van der Waals surface area contributed by atoms with E-state index >= 15 is 0 Å². The molecule has 0 radical (unpaired) electrons. The molecule has 0 fully saturated rings. The Labute approximate surface area is 180 Å². The highest BCUT2D eigenvalue weighted by Crippen LogP contribution is 2.31. The fraction of sp³-hybridized carbons (Fsp3) is 0.208. The van der Waals surface area contributed by atoms with E-state index in [9.17, 15) is 4.79 Å². The highest BCUT2D eigenvalue weighted by Gasteiger charge is 2.14. The Hall–Kier alpha value is -2.79. The lowest BCUT2D eigenvalue weighted by molar-refractivity contribution is 0.102. The zero-order chi connectivity index (χ0) is 20.8. The van der Waals surface area contributed by atoms with Crippen LogP contribution in [0, 0.1) is 0 Å². The molecule has 4 nitrogen and oxygen atoms in total. The van der Waals surface area contributed by atoms with E-state index in [0.29, 0.717) is 23.7 Å². The molecule has 3 rings (SSSR count). The summed E-state index contributed by atoms with van der Waals surface area (Å²) in [5, 5.41) is 3.01. The van der Waals surface area contributed by atoms with Gasteiger partial charge in [-0.05, 0) is 53.4 Å². The van der Waals surface area contributed by atoms with Gasteiger partial charge in [0, 0.05) is 15.7 Å².